The zero-order chi connectivity index (χ0) is 14.8. The zero-order valence-corrected chi connectivity index (χ0v) is 13.5. The molecule has 0 aliphatic rings. The van der Waals surface area contributed by atoms with Crippen LogP contribution >= 0.6 is 11.3 Å². The average Bonchev–Trinajstić information content (AvgIpc) is 2.88. The minimum Gasteiger partial charge on any atom is -0.279 e. The maximum Gasteiger partial charge on any atom is 0.271 e. The monoisotopic (exact) mass is 309 g/mol. The van der Waals surface area contributed by atoms with Crippen LogP contribution < -0.4 is 4.72 Å². The largest absolute Gasteiger partial charge is 0.279 e. The summed E-state index contributed by atoms with van der Waals surface area (Å²) in [7, 11) is -3.49. The van der Waals surface area contributed by atoms with Crippen molar-refractivity contribution >= 4 is 27.0 Å². The van der Waals surface area contributed by atoms with Crippen molar-refractivity contribution in [1.82, 2.24) is 0 Å². The van der Waals surface area contributed by atoms with Gasteiger partial charge in [0.05, 0.1) is 5.69 Å². The summed E-state index contributed by atoms with van der Waals surface area (Å²) in [5.41, 5.74) is 1.66. The van der Waals surface area contributed by atoms with Gasteiger partial charge in [0.1, 0.15) is 4.21 Å². The lowest BCUT2D eigenvalue weighted by atomic mass is 10.0. The van der Waals surface area contributed by atoms with Gasteiger partial charge in [-0.15, -0.1) is 11.3 Å². The van der Waals surface area contributed by atoms with E-state index in [1.54, 1.807) is 12.1 Å². The van der Waals surface area contributed by atoms with Crippen molar-refractivity contribution in [3.8, 4) is 0 Å². The second-order valence-corrected chi connectivity index (χ2v) is 8.00. The molecule has 20 heavy (non-hydrogen) atoms. The Morgan fingerprint density at radius 3 is 2.45 bits per heavy atom. The molecule has 0 atom stereocenters. The van der Waals surface area contributed by atoms with Gasteiger partial charge in [-0.25, -0.2) is 8.42 Å². The molecule has 1 N–H and O–H groups in total. The fourth-order valence-electron chi connectivity index (χ4n) is 1.98. The third kappa shape index (κ3) is 3.22. The Hall–Kier alpha value is -1.33. The van der Waals surface area contributed by atoms with Crippen LogP contribution in [0.25, 0.3) is 0 Å². The van der Waals surface area contributed by atoms with Gasteiger partial charge in [0.15, 0.2) is 0 Å². The molecule has 0 fully saturated rings. The molecular weight excluding hydrogens is 290 g/mol. The summed E-state index contributed by atoms with van der Waals surface area (Å²) in [6.45, 7) is 6.12. The van der Waals surface area contributed by atoms with Crippen LogP contribution in [0.15, 0.2) is 40.6 Å². The number of hydrogen-bond acceptors (Lipinski definition) is 3. The van der Waals surface area contributed by atoms with E-state index in [-0.39, 0.29) is 5.92 Å². The summed E-state index contributed by atoms with van der Waals surface area (Å²) >= 11 is 1.32. The summed E-state index contributed by atoms with van der Waals surface area (Å²) < 4.78 is 27.9. The Labute approximate surface area is 124 Å². The molecule has 0 radical (unpaired) electrons. The molecule has 0 bridgehead atoms. The molecule has 0 unspecified atom stereocenters. The number of thiophene rings is 1. The highest BCUT2D eigenvalue weighted by molar-refractivity contribution is 7.94. The van der Waals surface area contributed by atoms with Crippen molar-refractivity contribution < 1.29 is 8.42 Å². The lowest BCUT2D eigenvalue weighted by Gasteiger charge is -2.14. The van der Waals surface area contributed by atoms with Crippen molar-refractivity contribution in [2.75, 3.05) is 4.72 Å². The average molecular weight is 309 g/mol. The van der Waals surface area contributed by atoms with Crippen molar-refractivity contribution in [2.45, 2.75) is 37.3 Å². The molecule has 108 valence electrons. The smallest absolute Gasteiger partial charge is 0.271 e. The van der Waals surface area contributed by atoms with Gasteiger partial charge in [-0.1, -0.05) is 39.0 Å². The maximum absolute atomic E-state index is 12.4. The first-order valence-electron chi connectivity index (χ1n) is 6.64. The Bertz CT molecular complexity index is 687. The summed E-state index contributed by atoms with van der Waals surface area (Å²) in [4.78, 5) is 1.07. The van der Waals surface area contributed by atoms with Gasteiger partial charge in [-0.2, -0.15) is 0 Å². The lowest BCUT2D eigenvalue weighted by molar-refractivity contribution is 0.603. The summed E-state index contributed by atoms with van der Waals surface area (Å²) in [6.07, 6.45) is 0.850. The van der Waals surface area contributed by atoms with E-state index in [0.717, 1.165) is 16.9 Å². The van der Waals surface area contributed by atoms with Crippen molar-refractivity contribution in [3.63, 3.8) is 0 Å². The van der Waals surface area contributed by atoms with Crippen LogP contribution in [0.1, 0.15) is 37.1 Å². The number of nitrogens with one attached hydrogen (secondary N) is 1. The van der Waals surface area contributed by atoms with Gasteiger partial charge < -0.3 is 0 Å². The molecule has 2 rings (SSSR count). The Balaban J connectivity index is 2.33. The SMILES string of the molecule is CCc1ccc(S(=O)(=O)Nc2ccccc2C(C)C)s1. The third-order valence-electron chi connectivity index (χ3n) is 3.08. The molecule has 1 aromatic carbocycles. The van der Waals surface area contributed by atoms with Gasteiger partial charge in [-0.05, 0) is 36.1 Å². The molecular formula is C15H19NO2S2. The van der Waals surface area contributed by atoms with E-state index < -0.39 is 10.0 Å². The van der Waals surface area contributed by atoms with Gasteiger partial charge in [-0.3, -0.25) is 4.72 Å². The molecule has 1 aromatic heterocycles. The van der Waals surface area contributed by atoms with E-state index in [0.29, 0.717) is 9.90 Å². The second-order valence-electron chi connectivity index (χ2n) is 4.92. The molecule has 0 spiro atoms. The van der Waals surface area contributed by atoms with E-state index >= 15 is 0 Å². The number of benzene rings is 1. The quantitative estimate of drug-likeness (QED) is 0.898. The van der Waals surface area contributed by atoms with Crippen LogP contribution in [0.2, 0.25) is 0 Å². The fourth-order valence-corrected chi connectivity index (χ4v) is 4.36. The lowest BCUT2D eigenvalue weighted by Crippen LogP contribution is -2.13. The van der Waals surface area contributed by atoms with Crippen molar-refractivity contribution in [2.24, 2.45) is 0 Å². The van der Waals surface area contributed by atoms with Gasteiger partial charge in [0.2, 0.25) is 0 Å². The molecule has 2 aromatic rings. The molecule has 0 saturated heterocycles. The van der Waals surface area contributed by atoms with Crippen LogP contribution in [0, 0.1) is 0 Å². The van der Waals surface area contributed by atoms with E-state index in [9.17, 15) is 8.42 Å². The number of hydrogen-bond donors (Lipinski definition) is 1. The van der Waals surface area contributed by atoms with E-state index in [4.69, 9.17) is 0 Å². The molecule has 0 saturated carbocycles. The maximum atomic E-state index is 12.4. The number of sulfonamides is 1. The highest BCUT2D eigenvalue weighted by Gasteiger charge is 2.18. The zero-order valence-electron chi connectivity index (χ0n) is 11.9. The van der Waals surface area contributed by atoms with E-state index in [1.165, 1.54) is 11.3 Å². The number of para-hydroxylation sites is 1. The van der Waals surface area contributed by atoms with Crippen molar-refractivity contribution in [1.29, 1.82) is 0 Å². The van der Waals surface area contributed by atoms with Crippen molar-refractivity contribution in [3.05, 3.63) is 46.8 Å². The molecule has 0 aliphatic carbocycles. The highest BCUT2D eigenvalue weighted by atomic mass is 32.2. The standard InChI is InChI=1S/C15H19NO2S2/c1-4-12-9-10-15(19-12)20(17,18)16-14-8-6-5-7-13(14)11(2)3/h5-11,16H,4H2,1-3H3. The molecule has 1 heterocycles. The predicted molar refractivity (Wildman–Crippen MR) is 85.0 cm³/mol. The first-order chi connectivity index (χ1) is 9.44. The number of rotatable bonds is 5. The highest BCUT2D eigenvalue weighted by Crippen LogP contribution is 2.28. The minimum absolute atomic E-state index is 0.267. The van der Waals surface area contributed by atoms with Crippen LogP contribution in [-0.4, -0.2) is 8.42 Å². The summed E-state index contributed by atoms with van der Waals surface area (Å²) in [5, 5.41) is 0. The fraction of sp³-hybridized carbons (Fsp3) is 0.333. The summed E-state index contributed by atoms with van der Waals surface area (Å²) in [6, 6.07) is 11.1. The van der Waals surface area contributed by atoms with Crippen LogP contribution in [0.5, 0.6) is 0 Å². The Morgan fingerprint density at radius 1 is 1.15 bits per heavy atom. The number of aryl methyl sites for hydroxylation is 1. The third-order valence-corrected chi connectivity index (χ3v) is 6.16. The Morgan fingerprint density at radius 2 is 1.85 bits per heavy atom. The first kappa shape index (κ1) is 15.1. The van der Waals surface area contributed by atoms with Gasteiger partial charge >= 0.3 is 0 Å². The minimum atomic E-state index is -3.49. The molecule has 0 amide bonds. The van der Waals surface area contributed by atoms with Crippen LogP contribution in [0.4, 0.5) is 5.69 Å². The molecule has 5 heteroatoms. The topological polar surface area (TPSA) is 46.2 Å². The van der Waals surface area contributed by atoms with E-state index in [1.807, 2.05) is 45.0 Å². The molecule has 3 nitrogen and oxygen atoms in total. The van der Waals surface area contributed by atoms with Gasteiger partial charge in [0, 0.05) is 4.88 Å². The molecule has 0 aliphatic heterocycles. The summed E-state index contributed by atoms with van der Waals surface area (Å²) in [5.74, 6) is 0.267. The second kappa shape index (κ2) is 5.97. The van der Waals surface area contributed by atoms with E-state index in [2.05, 4.69) is 4.72 Å². The normalized spacial score (nSPS) is 11.8. The van der Waals surface area contributed by atoms with Crippen LogP contribution in [-0.2, 0) is 16.4 Å². The Kier molecular flexibility index (Phi) is 4.50. The first-order valence-corrected chi connectivity index (χ1v) is 8.94. The van der Waals surface area contributed by atoms with Gasteiger partial charge in [0.25, 0.3) is 10.0 Å². The predicted octanol–water partition coefficient (Wildman–Crippen LogP) is 4.23. The number of anilines is 1. The van der Waals surface area contributed by atoms with Crippen LogP contribution in [0.3, 0.4) is 0 Å².